The fraction of sp³-hybridized carbons (Fsp3) is 0.150. The quantitative estimate of drug-likeness (QED) is 0.757. The molecule has 0 aliphatic rings. The van der Waals surface area contributed by atoms with Crippen molar-refractivity contribution in [2.45, 2.75) is 6.10 Å². The highest BCUT2D eigenvalue weighted by Crippen LogP contribution is 2.28. The Morgan fingerprint density at radius 3 is 2.54 bits per heavy atom. The number of aldehydes is 1. The number of aliphatic hydroxyl groups is 1. The highest BCUT2D eigenvalue weighted by Gasteiger charge is 2.04. The molecule has 0 aromatic heterocycles. The van der Waals surface area contributed by atoms with Crippen molar-refractivity contribution >= 4 is 18.4 Å². The second-order valence-electron chi connectivity index (χ2n) is 5.02. The molecule has 1 atom stereocenters. The largest absolute Gasteiger partial charge is 0.493 e. The molecule has 0 heterocycles. The van der Waals surface area contributed by atoms with Crippen LogP contribution in [0.5, 0.6) is 11.5 Å². The van der Waals surface area contributed by atoms with Crippen molar-refractivity contribution in [3.8, 4) is 11.5 Å². The highest BCUT2D eigenvalue weighted by atomic mass is 16.5. The zero-order chi connectivity index (χ0) is 17.2. The summed E-state index contributed by atoms with van der Waals surface area (Å²) in [5, 5.41) is 9.22. The van der Waals surface area contributed by atoms with Crippen LogP contribution in [0.15, 0.2) is 60.7 Å². The van der Waals surface area contributed by atoms with E-state index in [1.165, 1.54) is 6.08 Å². The van der Waals surface area contributed by atoms with E-state index in [0.29, 0.717) is 24.4 Å². The number of ether oxygens (including phenoxy) is 2. The van der Waals surface area contributed by atoms with Gasteiger partial charge in [0.2, 0.25) is 0 Å². The molecule has 0 aliphatic carbocycles. The van der Waals surface area contributed by atoms with Crippen LogP contribution in [0.2, 0.25) is 0 Å². The first-order valence-corrected chi connectivity index (χ1v) is 7.57. The van der Waals surface area contributed by atoms with Crippen molar-refractivity contribution in [3.05, 3.63) is 71.8 Å². The van der Waals surface area contributed by atoms with E-state index in [2.05, 4.69) is 0 Å². The molecular formula is C20H20O4. The van der Waals surface area contributed by atoms with E-state index in [9.17, 15) is 9.90 Å². The molecule has 1 unspecified atom stereocenters. The number of hydrogen-bond donors (Lipinski definition) is 1. The van der Waals surface area contributed by atoms with Gasteiger partial charge >= 0.3 is 0 Å². The second-order valence-corrected chi connectivity index (χ2v) is 5.02. The molecule has 4 nitrogen and oxygen atoms in total. The molecule has 2 rings (SSSR count). The zero-order valence-corrected chi connectivity index (χ0v) is 13.5. The number of hydrogen-bond acceptors (Lipinski definition) is 4. The summed E-state index contributed by atoms with van der Waals surface area (Å²) in [6.07, 6.45) is 6.35. The summed E-state index contributed by atoms with van der Waals surface area (Å²) in [4.78, 5) is 10.4. The minimum absolute atomic E-state index is 0.421. The Labute approximate surface area is 141 Å². The van der Waals surface area contributed by atoms with Gasteiger partial charge < -0.3 is 19.4 Å². The van der Waals surface area contributed by atoms with Gasteiger partial charge in [0.25, 0.3) is 0 Å². The fourth-order valence-electron chi connectivity index (χ4n) is 2.05. The standard InChI is InChI=1S/C20H20O4/c1-23-20-14-17(9-11-18(22)15-21)10-12-19(20)24-13-5-8-16-6-3-2-4-7-16/h2-12,14-15,18,22H,13H2,1H3/b8-5+,11-9?. The zero-order valence-electron chi connectivity index (χ0n) is 13.5. The van der Waals surface area contributed by atoms with Crippen LogP contribution < -0.4 is 9.47 Å². The normalized spacial score (nSPS) is 12.4. The summed E-state index contributed by atoms with van der Waals surface area (Å²) in [7, 11) is 1.57. The lowest BCUT2D eigenvalue weighted by atomic mass is 10.1. The fourth-order valence-corrected chi connectivity index (χ4v) is 2.05. The van der Waals surface area contributed by atoms with Crippen molar-refractivity contribution in [2.24, 2.45) is 0 Å². The van der Waals surface area contributed by atoms with Gasteiger partial charge in [-0.25, -0.2) is 0 Å². The molecule has 24 heavy (non-hydrogen) atoms. The van der Waals surface area contributed by atoms with Gasteiger partial charge in [-0.05, 0) is 35.4 Å². The second kappa shape index (κ2) is 9.33. The number of carbonyl (C=O) groups excluding carboxylic acids is 1. The summed E-state index contributed by atoms with van der Waals surface area (Å²) in [5.41, 5.74) is 1.92. The maximum atomic E-state index is 10.4. The topological polar surface area (TPSA) is 55.8 Å². The Bertz CT molecular complexity index is 705. The monoisotopic (exact) mass is 324 g/mol. The van der Waals surface area contributed by atoms with Gasteiger partial charge in [0.15, 0.2) is 17.8 Å². The summed E-state index contributed by atoms with van der Waals surface area (Å²) >= 11 is 0. The van der Waals surface area contributed by atoms with Gasteiger partial charge in [0.05, 0.1) is 7.11 Å². The van der Waals surface area contributed by atoms with E-state index in [1.807, 2.05) is 48.6 Å². The molecule has 2 aromatic rings. The van der Waals surface area contributed by atoms with E-state index >= 15 is 0 Å². The van der Waals surface area contributed by atoms with Crippen molar-refractivity contribution < 1.29 is 19.4 Å². The lowest BCUT2D eigenvalue weighted by molar-refractivity contribution is -0.112. The Morgan fingerprint density at radius 2 is 1.83 bits per heavy atom. The summed E-state index contributed by atoms with van der Waals surface area (Å²) in [6.45, 7) is 0.421. The first kappa shape index (κ1) is 17.5. The van der Waals surface area contributed by atoms with Crippen LogP contribution in [-0.2, 0) is 4.79 Å². The van der Waals surface area contributed by atoms with E-state index in [4.69, 9.17) is 9.47 Å². The van der Waals surface area contributed by atoms with E-state index in [0.717, 1.165) is 11.1 Å². The first-order valence-electron chi connectivity index (χ1n) is 7.57. The molecule has 0 spiro atoms. The molecule has 124 valence electrons. The molecule has 0 bridgehead atoms. The maximum absolute atomic E-state index is 10.4. The minimum atomic E-state index is -1.10. The highest BCUT2D eigenvalue weighted by molar-refractivity contribution is 5.64. The molecule has 0 radical (unpaired) electrons. The van der Waals surface area contributed by atoms with Crippen LogP contribution in [0.4, 0.5) is 0 Å². The summed E-state index contributed by atoms with van der Waals surface area (Å²) in [6, 6.07) is 15.4. The van der Waals surface area contributed by atoms with Crippen LogP contribution in [-0.4, -0.2) is 31.2 Å². The third-order valence-electron chi connectivity index (χ3n) is 3.26. The van der Waals surface area contributed by atoms with Gasteiger partial charge in [-0.3, -0.25) is 0 Å². The predicted molar refractivity (Wildman–Crippen MR) is 95.1 cm³/mol. The molecular weight excluding hydrogens is 304 g/mol. The number of rotatable bonds is 8. The van der Waals surface area contributed by atoms with Gasteiger partial charge in [-0.2, -0.15) is 0 Å². The van der Waals surface area contributed by atoms with Crippen molar-refractivity contribution in [2.75, 3.05) is 13.7 Å². The van der Waals surface area contributed by atoms with Crippen LogP contribution >= 0.6 is 0 Å². The van der Waals surface area contributed by atoms with Gasteiger partial charge in [0, 0.05) is 0 Å². The average molecular weight is 324 g/mol. The molecule has 0 fully saturated rings. The first-order chi connectivity index (χ1) is 11.7. The molecule has 0 aliphatic heterocycles. The van der Waals surface area contributed by atoms with Crippen LogP contribution in [0.1, 0.15) is 11.1 Å². The van der Waals surface area contributed by atoms with E-state index < -0.39 is 6.10 Å². The van der Waals surface area contributed by atoms with Crippen LogP contribution in [0, 0.1) is 0 Å². The average Bonchev–Trinajstić information content (AvgIpc) is 2.64. The van der Waals surface area contributed by atoms with Gasteiger partial charge in [-0.15, -0.1) is 0 Å². The van der Waals surface area contributed by atoms with Crippen molar-refractivity contribution in [1.29, 1.82) is 0 Å². The van der Waals surface area contributed by atoms with Crippen LogP contribution in [0.3, 0.4) is 0 Å². The van der Waals surface area contributed by atoms with E-state index in [-0.39, 0.29) is 0 Å². The molecule has 0 amide bonds. The SMILES string of the molecule is COc1cc(C=CC(O)C=O)ccc1OC/C=C/c1ccccc1. The third-order valence-corrected chi connectivity index (χ3v) is 3.26. The van der Waals surface area contributed by atoms with Gasteiger partial charge in [-0.1, -0.05) is 48.6 Å². The lowest BCUT2D eigenvalue weighted by Crippen LogP contribution is -2.01. The van der Waals surface area contributed by atoms with E-state index in [1.54, 1.807) is 25.3 Å². The smallest absolute Gasteiger partial charge is 0.161 e. The molecule has 0 saturated heterocycles. The number of methoxy groups -OCH3 is 1. The Hall–Kier alpha value is -2.85. The number of aliphatic hydroxyl groups excluding tert-OH is 1. The lowest BCUT2D eigenvalue weighted by Gasteiger charge is -2.10. The van der Waals surface area contributed by atoms with Gasteiger partial charge in [0.1, 0.15) is 12.7 Å². The van der Waals surface area contributed by atoms with Crippen molar-refractivity contribution in [3.63, 3.8) is 0 Å². The molecule has 0 saturated carbocycles. The Kier molecular flexibility index (Phi) is 6.80. The Morgan fingerprint density at radius 1 is 1.04 bits per heavy atom. The number of benzene rings is 2. The maximum Gasteiger partial charge on any atom is 0.161 e. The van der Waals surface area contributed by atoms with Crippen LogP contribution in [0.25, 0.3) is 12.2 Å². The van der Waals surface area contributed by atoms with Crippen molar-refractivity contribution in [1.82, 2.24) is 0 Å². The minimum Gasteiger partial charge on any atom is -0.493 e. The number of carbonyl (C=O) groups is 1. The molecule has 1 N–H and O–H groups in total. The molecule has 4 heteroatoms. The summed E-state index contributed by atoms with van der Waals surface area (Å²) in [5.74, 6) is 1.22. The third kappa shape index (κ3) is 5.41. The predicted octanol–water partition coefficient (Wildman–Crippen LogP) is 3.36. The molecule has 2 aromatic carbocycles. The summed E-state index contributed by atoms with van der Waals surface area (Å²) < 4.78 is 11.0. The Balaban J connectivity index is 1.98.